The van der Waals surface area contributed by atoms with Crippen LogP contribution in [0.2, 0.25) is 0 Å². The van der Waals surface area contributed by atoms with Gasteiger partial charge in [0.05, 0.1) is 0 Å². The van der Waals surface area contributed by atoms with Crippen molar-refractivity contribution in [3.8, 4) is 0 Å². The zero-order chi connectivity index (χ0) is 7.33. The Morgan fingerprint density at radius 2 is 1.78 bits per heavy atom. The van der Waals surface area contributed by atoms with E-state index in [-0.39, 0.29) is 0 Å². The Hall–Kier alpha value is 0.0700. The van der Waals surface area contributed by atoms with Gasteiger partial charge in [-0.1, -0.05) is 0 Å². The van der Waals surface area contributed by atoms with E-state index in [1.807, 2.05) is 0 Å². The molecule has 9 heavy (non-hydrogen) atoms. The van der Waals surface area contributed by atoms with Crippen molar-refractivity contribution in [2.24, 2.45) is 0 Å². The zero-order valence-electron chi connectivity index (χ0n) is 5.58. The molecule has 0 amide bonds. The Morgan fingerprint density at radius 1 is 1.33 bits per heavy atom. The maximum absolute atomic E-state index is 10.8. The lowest BCUT2D eigenvalue weighted by atomic mass is 11.6. The molecule has 1 N–H and O–H groups in total. The van der Waals surface area contributed by atoms with Gasteiger partial charge in [-0.25, -0.2) is 4.57 Å². The molecule has 0 radical (unpaired) electrons. The molecule has 5 nitrogen and oxygen atoms in total. The van der Waals surface area contributed by atoms with Crippen LogP contribution in [-0.4, -0.2) is 21.3 Å². The highest BCUT2D eigenvalue weighted by Gasteiger charge is 2.21. The van der Waals surface area contributed by atoms with Crippen molar-refractivity contribution in [2.45, 2.75) is 0 Å². The van der Waals surface area contributed by atoms with Crippen LogP contribution in [0.3, 0.4) is 0 Å². The van der Waals surface area contributed by atoms with E-state index in [1.54, 1.807) is 0 Å². The van der Waals surface area contributed by atoms with Gasteiger partial charge in [-0.2, -0.15) is 10.1 Å². The lowest BCUT2D eigenvalue weighted by Crippen LogP contribution is -2.06. The van der Waals surface area contributed by atoms with Crippen LogP contribution in [0.15, 0.2) is 0 Å². The smallest absolute Gasteiger partial charge is 0.289 e. The molecule has 0 aliphatic carbocycles. The fourth-order valence-corrected chi connectivity index (χ4v) is 0.783. The first kappa shape index (κ1) is 9.07. The third kappa shape index (κ3) is 2.93. The van der Waals surface area contributed by atoms with E-state index in [9.17, 15) is 4.57 Å². The van der Waals surface area contributed by atoms with Gasteiger partial charge in [-0.3, -0.25) is 9.05 Å². The fraction of sp³-hybridized carbons (Fsp3) is 1.00. The molecule has 0 bridgehead atoms. The van der Waals surface area contributed by atoms with Gasteiger partial charge in [0.15, 0.2) is 0 Å². The molecule has 0 saturated heterocycles. The number of hydrogen-bond donors (Lipinski definition) is 1. The first-order valence-corrected chi connectivity index (χ1v) is 3.71. The molecule has 0 aliphatic heterocycles. The van der Waals surface area contributed by atoms with Gasteiger partial charge in [0.25, 0.3) is 0 Å². The average molecular weight is 155 g/mol. The Labute approximate surface area is 53.9 Å². The SMILES string of the molecule is CNOP(=O)(OC)OC. The summed E-state index contributed by atoms with van der Waals surface area (Å²) in [4.78, 5) is 0. The second kappa shape index (κ2) is 3.98. The van der Waals surface area contributed by atoms with Crippen molar-refractivity contribution in [1.29, 1.82) is 0 Å². The van der Waals surface area contributed by atoms with Crippen LogP contribution in [0.5, 0.6) is 0 Å². The summed E-state index contributed by atoms with van der Waals surface area (Å²) in [6.07, 6.45) is 0. The van der Waals surface area contributed by atoms with Crippen LogP contribution in [0.1, 0.15) is 0 Å². The molecular weight excluding hydrogens is 145 g/mol. The van der Waals surface area contributed by atoms with Crippen LogP contribution in [0, 0.1) is 0 Å². The quantitative estimate of drug-likeness (QED) is 0.474. The van der Waals surface area contributed by atoms with Crippen molar-refractivity contribution in [1.82, 2.24) is 5.48 Å². The zero-order valence-corrected chi connectivity index (χ0v) is 6.47. The van der Waals surface area contributed by atoms with Crippen molar-refractivity contribution in [3.05, 3.63) is 0 Å². The van der Waals surface area contributed by atoms with E-state index in [0.29, 0.717) is 0 Å². The van der Waals surface area contributed by atoms with Gasteiger partial charge in [0.1, 0.15) is 0 Å². The second-order valence-electron chi connectivity index (χ2n) is 1.11. The largest absolute Gasteiger partial charge is 0.490 e. The van der Waals surface area contributed by atoms with Crippen LogP contribution >= 0.6 is 7.82 Å². The first-order chi connectivity index (χ1) is 4.18. The third-order valence-corrected chi connectivity index (χ3v) is 1.95. The number of hydrogen-bond acceptors (Lipinski definition) is 5. The molecule has 6 heteroatoms. The number of phosphoric acid groups is 1. The molecule has 0 atom stereocenters. The molecule has 0 rings (SSSR count). The summed E-state index contributed by atoms with van der Waals surface area (Å²) in [5.41, 5.74) is 2.20. The number of phosphoric ester groups is 1. The predicted molar refractivity (Wildman–Crippen MR) is 31.8 cm³/mol. The molecule has 0 aromatic heterocycles. The monoisotopic (exact) mass is 155 g/mol. The molecule has 0 fully saturated rings. The molecule has 56 valence electrons. The van der Waals surface area contributed by atoms with E-state index in [2.05, 4.69) is 19.2 Å². The van der Waals surface area contributed by atoms with Crippen LogP contribution in [0.25, 0.3) is 0 Å². The van der Waals surface area contributed by atoms with Crippen LogP contribution in [-0.2, 0) is 18.2 Å². The first-order valence-electron chi connectivity index (χ1n) is 2.25. The normalized spacial score (nSPS) is 11.9. The third-order valence-electron chi connectivity index (χ3n) is 0.650. The van der Waals surface area contributed by atoms with Gasteiger partial charge in [0, 0.05) is 21.3 Å². The summed E-state index contributed by atoms with van der Waals surface area (Å²) < 4.78 is 24.0. The highest BCUT2D eigenvalue weighted by Crippen LogP contribution is 2.45. The lowest BCUT2D eigenvalue weighted by molar-refractivity contribution is 0.110. The molecule has 0 aromatic rings. The van der Waals surface area contributed by atoms with Crippen molar-refractivity contribution in [3.63, 3.8) is 0 Å². The minimum absolute atomic E-state index is 1.24. The maximum Gasteiger partial charge on any atom is 0.490 e. The Balaban J connectivity index is 3.78. The summed E-state index contributed by atoms with van der Waals surface area (Å²) >= 11 is 0. The van der Waals surface area contributed by atoms with E-state index in [1.165, 1.54) is 21.3 Å². The summed E-state index contributed by atoms with van der Waals surface area (Å²) in [6, 6.07) is 0. The Kier molecular flexibility index (Phi) is 4.01. The summed E-state index contributed by atoms with van der Waals surface area (Å²) in [5.74, 6) is 0. The van der Waals surface area contributed by atoms with Crippen LogP contribution in [0.4, 0.5) is 0 Å². The average Bonchev–Trinajstić information content (AvgIpc) is 1.89. The topological polar surface area (TPSA) is 56.8 Å². The van der Waals surface area contributed by atoms with E-state index in [4.69, 9.17) is 0 Å². The molecular formula is C3H10NO4P. The molecule has 0 saturated carbocycles. The predicted octanol–water partition coefficient (Wildman–Crippen LogP) is 0.538. The van der Waals surface area contributed by atoms with E-state index >= 15 is 0 Å². The van der Waals surface area contributed by atoms with Crippen molar-refractivity contribution in [2.75, 3.05) is 21.3 Å². The minimum atomic E-state index is -3.29. The second-order valence-corrected chi connectivity index (χ2v) is 2.92. The van der Waals surface area contributed by atoms with Crippen molar-refractivity contribution < 1.29 is 18.2 Å². The maximum atomic E-state index is 10.8. The molecule has 0 spiro atoms. The molecule has 0 aliphatic rings. The molecule has 0 unspecified atom stereocenters. The number of hydroxylamine groups is 1. The Bertz CT molecular complexity index is 108. The number of nitrogens with one attached hydrogen (secondary N) is 1. The highest BCUT2D eigenvalue weighted by molar-refractivity contribution is 7.48. The number of rotatable bonds is 4. The van der Waals surface area contributed by atoms with E-state index in [0.717, 1.165) is 0 Å². The van der Waals surface area contributed by atoms with Gasteiger partial charge in [-0.15, -0.1) is 0 Å². The standard InChI is InChI=1S/C3H10NO4P/c1-4-8-9(5,6-2)7-3/h4H,1-3H3. The van der Waals surface area contributed by atoms with Gasteiger partial charge < -0.3 is 0 Å². The molecule has 0 aromatic carbocycles. The Morgan fingerprint density at radius 3 is 1.89 bits per heavy atom. The van der Waals surface area contributed by atoms with Gasteiger partial charge in [-0.05, 0) is 0 Å². The summed E-state index contributed by atoms with van der Waals surface area (Å²) in [7, 11) is 0.646. The molecule has 0 heterocycles. The van der Waals surface area contributed by atoms with Gasteiger partial charge >= 0.3 is 7.82 Å². The summed E-state index contributed by atoms with van der Waals surface area (Å²) in [6.45, 7) is 0. The minimum Gasteiger partial charge on any atom is -0.289 e. The highest BCUT2D eigenvalue weighted by atomic mass is 31.2. The van der Waals surface area contributed by atoms with E-state index < -0.39 is 7.82 Å². The summed E-state index contributed by atoms with van der Waals surface area (Å²) in [5, 5.41) is 0. The fourth-order valence-electron chi connectivity index (χ4n) is 0.261. The van der Waals surface area contributed by atoms with Crippen LogP contribution < -0.4 is 5.48 Å². The van der Waals surface area contributed by atoms with Gasteiger partial charge in [0.2, 0.25) is 0 Å². The van der Waals surface area contributed by atoms with Crippen molar-refractivity contribution >= 4 is 7.82 Å². The lowest BCUT2D eigenvalue weighted by Gasteiger charge is -2.10.